The predicted molar refractivity (Wildman–Crippen MR) is 66.8 cm³/mol. The number of hydrogen-bond acceptors (Lipinski definition) is 4. The maximum absolute atomic E-state index is 11.4. The van der Waals surface area contributed by atoms with E-state index in [2.05, 4.69) is 15.9 Å². The van der Waals surface area contributed by atoms with E-state index in [1.54, 1.807) is 0 Å². The summed E-state index contributed by atoms with van der Waals surface area (Å²) in [6.45, 7) is 0.126. The van der Waals surface area contributed by atoms with Crippen molar-refractivity contribution in [2.24, 2.45) is 0 Å². The number of halogens is 1. The predicted octanol–water partition coefficient (Wildman–Crippen LogP) is 2.25. The smallest absolute Gasteiger partial charge is 0.428 e. The summed E-state index contributed by atoms with van der Waals surface area (Å²) in [5, 5.41) is 1.62. The van der Waals surface area contributed by atoms with Crippen molar-refractivity contribution in [2.45, 2.75) is 19.1 Å². The van der Waals surface area contributed by atoms with Gasteiger partial charge in [0.15, 0.2) is 0 Å². The Labute approximate surface area is 113 Å². The lowest BCUT2D eigenvalue weighted by Gasteiger charge is -2.35. The van der Waals surface area contributed by atoms with Gasteiger partial charge in [0.05, 0.1) is 12.5 Å². The molecule has 0 bridgehead atoms. The van der Waals surface area contributed by atoms with Crippen LogP contribution in [0.3, 0.4) is 0 Å². The molecule has 0 N–H and O–H groups in total. The van der Waals surface area contributed by atoms with Gasteiger partial charge in [-0.2, -0.15) is 5.06 Å². The number of alkyl halides is 1. The molecular weight excluding hydrogens is 302 g/mol. The van der Waals surface area contributed by atoms with Crippen LogP contribution in [-0.2, 0) is 21.0 Å². The molecule has 1 amide bonds. The molecule has 2 rings (SSSR count). The zero-order valence-corrected chi connectivity index (χ0v) is 11.1. The van der Waals surface area contributed by atoms with Gasteiger partial charge in [-0.3, -0.25) is 4.79 Å². The third-order valence-corrected chi connectivity index (χ3v) is 3.29. The minimum absolute atomic E-state index is 0.0956. The number of hydroxylamine groups is 2. The quantitative estimate of drug-likeness (QED) is 0.486. The summed E-state index contributed by atoms with van der Waals surface area (Å²) in [6.07, 6.45) is -0.477. The van der Waals surface area contributed by atoms with Crippen LogP contribution in [0, 0.1) is 0 Å². The Bertz CT molecular complexity index is 437. The van der Waals surface area contributed by atoms with Crippen molar-refractivity contribution in [1.82, 2.24) is 5.06 Å². The van der Waals surface area contributed by atoms with E-state index in [-0.39, 0.29) is 18.6 Å². The van der Waals surface area contributed by atoms with Crippen molar-refractivity contribution >= 4 is 28.0 Å². The zero-order valence-electron chi connectivity index (χ0n) is 9.54. The number of amides is 1. The summed E-state index contributed by atoms with van der Waals surface area (Å²) in [6, 6.07) is 9.16. The van der Waals surface area contributed by atoms with E-state index in [0.717, 1.165) is 10.6 Å². The van der Waals surface area contributed by atoms with Crippen LogP contribution in [0.15, 0.2) is 30.3 Å². The fourth-order valence-corrected chi connectivity index (χ4v) is 2.02. The van der Waals surface area contributed by atoms with Crippen molar-refractivity contribution in [1.29, 1.82) is 0 Å². The Hall–Kier alpha value is -1.56. The van der Waals surface area contributed by atoms with Crippen LogP contribution in [0.1, 0.15) is 12.0 Å². The number of rotatable bonds is 4. The minimum atomic E-state index is -0.863. The molecule has 0 saturated carbocycles. The van der Waals surface area contributed by atoms with E-state index in [1.165, 1.54) is 0 Å². The first-order valence-corrected chi connectivity index (χ1v) is 6.59. The van der Waals surface area contributed by atoms with Gasteiger partial charge < -0.3 is 9.57 Å². The van der Waals surface area contributed by atoms with E-state index in [4.69, 9.17) is 9.57 Å². The highest BCUT2D eigenvalue weighted by atomic mass is 79.9. The highest BCUT2D eigenvalue weighted by Crippen LogP contribution is 2.21. The number of carbonyl (C=O) groups is 2. The molecule has 96 valence electrons. The van der Waals surface area contributed by atoms with Gasteiger partial charge in [-0.15, -0.1) is 0 Å². The Morgan fingerprint density at radius 2 is 2.11 bits per heavy atom. The van der Waals surface area contributed by atoms with Crippen molar-refractivity contribution in [3.63, 3.8) is 0 Å². The molecule has 0 spiro atoms. The Morgan fingerprint density at radius 3 is 2.72 bits per heavy atom. The van der Waals surface area contributed by atoms with E-state index in [1.807, 2.05) is 30.3 Å². The highest BCUT2D eigenvalue weighted by Gasteiger charge is 2.39. The van der Waals surface area contributed by atoms with Crippen LogP contribution in [0.25, 0.3) is 0 Å². The SMILES string of the molecule is O=C(OCc1ccccc1)ON1C(=O)C[C@@H]1CBr. The fraction of sp³-hybridized carbons (Fsp3) is 0.333. The number of carbonyl (C=O) groups excluding carboxylic acids is 2. The monoisotopic (exact) mass is 313 g/mol. The number of ether oxygens (including phenoxy) is 1. The zero-order chi connectivity index (χ0) is 13.0. The molecule has 18 heavy (non-hydrogen) atoms. The van der Waals surface area contributed by atoms with Gasteiger partial charge in [0, 0.05) is 5.33 Å². The van der Waals surface area contributed by atoms with Gasteiger partial charge in [0.25, 0.3) is 5.91 Å². The molecule has 1 fully saturated rings. The molecule has 1 aromatic rings. The van der Waals surface area contributed by atoms with E-state index < -0.39 is 6.16 Å². The van der Waals surface area contributed by atoms with Crippen molar-refractivity contribution < 1.29 is 19.2 Å². The van der Waals surface area contributed by atoms with Crippen molar-refractivity contribution in [3.05, 3.63) is 35.9 Å². The van der Waals surface area contributed by atoms with Crippen LogP contribution < -0.4 is 0 Å². The van der Waals surface area contributed by atoms with Gasteiger partial charge in [-0.1, -0.05) is 46.3 Å². The first-order valence-electron chi connectivity index (χ1n) is 5.47. The molecule has 1 aliphatic heterocycles. The lowest BCUT2D eigenvalue weighted by atomic mass is 10.1. The lowest BCUT2D eigenvalue weighted by molar-refractivity contribution is -0.206. The molecule has 0 radical (unpaired) electrons. The van der Waals surface area contributed by atoms with Crippen LogP contribution in [0.4, 0.5) is 4.79 Å². The lowest BCUT2D eigenvalue weighted by Crippen LogP contribution is -2.54. The van der Waals surface area contributed by atoms with Gasteiger partial charge >= 0.3 is 6.16 Å². The average molecular weight is 314 g/mol. The largest absolute Gasteiger partial charge is 0.533 e. The highest BCUT2D eigenvalue weighted by molar-refractivity contribution is 9.09. The van der Waals surface area contributed by atoms with Gasteiger partial charge in [0.1, 0.15) is 6.61 Å². The normalized spacial score (nSPS) is 18.2. The molecule has 0 aromatic heterocycles. The molecule has 1 aromatic carbocycles. The van der Waals surface area contributed by atoms with E-state index >= 15 is 0 Å². The van der Waals surface area contributed by atoms with Gasteiger partial charge in [-0.25, -0.2) is 4.79 Å². The maximum Gasteiger partial charge on any atom is 0.533 e. The first kappa shape index (κ1) is 12.9. The summed E-state index contributed by atoms with van der Waals surface area (Å²) >= 11 is 3.23. The molecule has 1 aliphatic rings. The third-order valence-electron chi connectivity index (χ3n) is 2.54. The summed E-state index contributed by atoms with van der Waals surface area (Å²) < 4.78 is 4.91. The van der Waals surface area contributed by atoms with Crippen LogP contribution in [-0.4, -0.2) is 28.5 Å². The summed E-state index contributed by atoms with van der Waals surface area (Å²) in [5.41, 5.74) is 0.862. The molecule has 1 saturated heterocycles. The number of benzene rings is 1. The molecule has 0 unspecified atom stereocenters. The van der Waals surface area contributed by atoms with Crippen molar-refractivity contribution in [2.75, 3.05) is 5.33 Å². The Balaban J connectivity index is 1.77. The van der Waals surface area contributed by atoms with Gasteiger partial charge in [-0.05, 0) is 5.56 Å². The molecule has 5 nitrogen and oxygen atoms in total. The second-order valence-electron chi connectivity index (χ2n) is 3.85. The summed E-state index contributed by atoms with van der Waals surface area (Å²) in [4.78, 5) is 27.4. The Kier molecular flexibility index (Phi) is 4.19. The topological polar surface area (TPSA) is 55.8 Å². The summed E-state index contributed by atoms with van der Waals surface area (Å²) in [5.74, 6) is -0.212. The fourth-order valence-electron chi connectivity index (χ4n) is 1.53. The van der Waals surface area contributed by atoms with Crippen molar-refractivity contribution in [3.8, 4) is 0 Å². The van der Waals surface area contributed by atoms with Gasteiger partial charge in [0.2, 0.25) is 0 Å². The average Bonchev–Trinajstić information content (AvgIpc) is 2.41. The van der Waals surface area contributed by atoms with Crippen LogP contribution >= 0.6 is 15.9 Å². The number of nitrogens with zero attached hydrogens (tertiary/aromatic N) is 1. The van der Waals surface area contributed by atoms with Crippen LogP contribution in [0.2, 0.25) is 0 Å². The second kappa shape index (κ2) is 5.86. The second-order valence-corrected chi connectivity index (χ2v) is 4.49. The molecular formula is C12H12BrNO4. The number of hydrogen-bond donors (Lipinski definition) is 0. The number of β-lactam (4-membered cyclic amide) rings is 1. The molecule has 0 aliphatic carbocycles. The summed E-state index contributed by atoms with van der Waals surface area (Å²) in [7, 11) is 0. The van der Waals surface area contributed by atoms with E-state index in [0.29, 0.717) is 11.8 Å². The first-order chi connectivity index (χ1) is 8.70. The third kappa shape index (κ3) is 3.01. The molecule has 1 heterocycles. The Morgan fingerprint density at radius 1 is 1.39 bits per heavy atom. The van der Waals surface area contributed by atoms with Crippen LogP contribution in [0.5, 0.6) is 0 Å². The molecule has 6 heteroatoms. The minimum Gasteiger partial charge on any atom is -0.428 e. The maximum atomic E-state index is 11.4. The molecule has 1 atom stereocenters. The standard InChI is InChI=1S/C12H12BrNO4/c13-7-10-6-11(15)14(10)18-12(16)17-8-9-4-2-1-3-5-9/h1-5,10H,6-8H2/t10-/m1/s1. The van der Waals surface area contributed by atoms with E-state index in [9.17, 15) is 9.59 Å².